The maximum Gasteiger partial charge on any atom is 0.254 e. The number of aryl methyl sites for hydroxylation is 1. The van der Waals surface area contributed by atoms with E-state index < -0.39 is 0 Å². The van der Waals surface area contributed by atoms with Crippen molar-refractivity contribution >= 4 is 28.2 Å². The van der Waals surface area contributed by atoms with Gasteiger partial charge >= 0.3 is 0 Å². The molecular weight excluding hydrogens is 464 g/mol. The van der Waals surface area contributed by atoms with Crippen LogP contribution in [0.15, 0.2) is 65.7 Å². The Morgan fingerprint density at radius 2 is 2.22 bits per heavy atom. The first-order valence-electron chi connectivity index (χ1n) is 12.6. The molecule has 192 valence electrons. The predicted octanol–water partition coefficient (Wildman–Crippen LogP) is 4.35. The molecule has 8 heteroatoms. The Kier molecular flexibility index (Phi) is 6.95. The van der Waals surface area contributed by atoms with Crippen LogP contribution < -0.4 is 10.6 Å². The topological polar surface area (TPSA) is 83.8 Å². The van der Waals surface area contributed by atoms with Crippen molar-refractivity contribution in [3.63, 3.8) is 0 Å². The van der Waals surface area contributed by atoms with Crippen LogP contribution in [-0.2, 0) is 18.3 Å². The average molecular weight is 499 g/mol. The lowest BCUT2D eigenvalue weighted by Crippen LogP contribution is -2.26. The minimum Gasteiger partial charge on any atom is -0.381 e. The molecule has 0 unspecified atom stereocenters. The quantitative estimate of drug-likeness (QED) is 0.451. The maximum atomic E-state index is 13.0. The zero-order valence-corrected chi connectivity index (χ0v) is 22.0. The molecule has 2 aliphatic heterocycles. The molecule has 2 aliphatic rings. The number of carbonyl (C=O) groups excluding carboxylic acids is 1. The van der Waals surface area contributed by atoms with Gasteiger partial charge in [-0.2, -0.15) is 0 Å². The normalized spacial score (nSPS) is 18.0. The minimum absolute atomic E-state index is 0.109. The van der Waals surface area contributed by atoms with Gasteiger partial charge < -0.3 is 24.8 Å². The Balaban J connectivity index is 1.51. The molecule has 0 radical (unpaired) electrons. The van der Waals surface area contributed by atoms with Crippen molar-refractivity contribution in [2.75, 3.05) is 39.2 Å². The SMILES string of the molecule is C=C(C(CN(C)C)=N/C(=C\C)Nc1cnc(-c2cccc3c2ccn3C)c2c1C(=O)NC2)[C@@H]1CCOC1. The van der Waals surface area contributed by atoms with Crippen LogP contribution in [0.25, 0.3) is 22.2 Å². The van der Waals surface area contributed by atoms with E-state index >= 15 is 0 Å². The second kappa shape index (κ2) is 10.3. The molecule has 37 heavy (non-hydrogen) atoms. The van der Waals surface area contributed by atoms with Crippen molar-refractivity contribution in [1.29, 1.82) is 0 Å². The van der Waals surface area contributed by atoms with Gasteiger partial charge in [-0.3, -0.25) is 9.78 Å². The van der Waals surface area contributed by atoms with Gasteiger partial charge in [0.2, 0.25) is 0 Å². The lowest BCUT2D eigenvalue weighted by molar-refractivity contribution is 0.0966. The smallest absolute Gasteiger partial charge is 0.254 e. The first kappa shape index (κ1) is 24.9. The number of anilines is 1. The summed E-state index contributed by atoms with van der Waals surface area (Å²) in [5, 5.41) is 7.48. The highest BCUT2D eigenvalue weighted by atomic mass is 16.5. The van der Waals surface area contributed by atoms with Gasteiger partial charge in [0.25, 0.3) is 5.91 Å². The van der Waals surface area contributed by atoms with Gasteiger partial charge in [0.1, 0.15) is 5.82 Å². The first-order valence-corrected chi connectivity index (χ1v) is 12.6. The van der Waals surface area contributed by atoms with Crippen LogP contribution in [0.1, 0.15) is 29.3 Å². The van der Waals surface area contributed by atoms with E-state index in [1.807, 2.05) is 46.4 Å². The fourth-order valence-corrected chi connectivity index (χ4v) is 5.08. The number of rotatable bonds is 8. The molecule has 0 aliphatic carbocycles. The van der Waals surface area contributed by atoms with E-state index in [2.05, 4.69) is 44.9 Å². The van der Waals surface area contributed by atoms with Gasteiger partial charge in [0.15, 0.2) is 0 Å². The van der Waals surface area contributed by atoms with Crippen molar-refractivity contribution in [2.24, 2.45) is 18.0 Å². The van der Waals surface area contributed by atoms with Gasteiger partial charge in [-0.15, -0.1) is 0 Å². The molecule has 5 rings (SSSR count). The summed E-state index contributed by atoms with van der Waals surface area (Å²) in [5.41, 5.74) is 7.03. The van der Waals surface area contributed by atoms with Crippen LogP contribution in [0.2, 0.25) is 0 Å². The predicted molar refractivity (Wildman–Crippen MR) is 149 cm³/mol. The number of allylic oxidation sites excluding steroid dienone is 1. The third kappa shape index (κ3) is 4.82. The Labute approximate surface area is 217 Å². The second-order valence-corrected chi connectivity index (χ2v) is 9.90. The number of hydrogen-bond acceptors (Lipinski definition) is 6. The van der Waals surface area contributed by atoms with Crippen molar-refractivity contribution in [1.82, 2.24) is 19.8 Å². The number of fused-ring (bicyclic) bond motifs is 2. The van der Waals surface area contributed by atoms with Crippen LogP contribution in [0, 0.1) is 5.92 Å². The number of aromatic nitrogens is 2. The molecule has 0 spiro atoms. The van der Waals surface area contributed by atoms with E-state index in [1.165, 1.54) is 0 Å². The molecule has 3 aromatic rings. The lowest BCUT2D eigenvalue weighted by Gasteiger charge is -2.20. The monoisotopic (exact) mass is 498 g/mol. The number of pyridine rings is 1. The molecular formula is C29H34N6O2. The van der Waals surface area contributed by atoms with E-state index in [-0.39, 0.29) is 11.8 Å². The van der Waals surface area contributed by atoms with Crippen molar-refractivity contribution in [3.05, 3.63) is 71.8 Å². The first-order chi connectivity index (χ1) is 17.9. The van der Waals surface area contributed by atoms with E-state index in [0.29, 0.717) is 36.8 Å². The highest BCUT2D eigenvalue weighted by Gasteiger charge is 2.28. The Bertz CT molecular complexity index is 1430. The molecule has 0 bridgehead atoms. The molecule has 1 saturated heterocycles. The van der Waals surface area contributed by atoms with Crippen LogP contribution in [-0.4, -0.2) is 59.9 Å². The van der Waals surface area contributed by atoms with Crippen molar-refractivity contribution in [2.45, 2.75) is 19.9 Å². The lowest BCUT2D eigenvalue weighted by atomic mass is 9.95. The van der Waals surface area contributed by atoms with E-state index in [0.717, 1.165) is 52.0 Å². The zero-order chi connectivity index (χ0) is 26.1. The Hall–Kier alpha value is -3.75. The van der Waals surface area contributed by atoms with Gasteiger partial charge in [-0.25, -0.2) is 4.99 Å². The Morgan fingerprint density at radius 1 is 1.38 bits per heavy atom. The average Bonchev–Trinajstić information content (AvgIpc) is 3.64. The molecule has 2 N–H and O–H groups in total. The van der Waals surface area contributed by atoms with Gasteiger partial charge in [0.05, 0.1) is 35.5 Å². The summed E-state index contributed by atoms with van der Waals surface area (Å²) in [4.78, 5) is 24.9. The zero-order valence-electron chi connectivity index (χ0n) is 22.0. The number of ether oxygens (including phenoxy) is 1. The third-order valence-electron chi connectivity index (χ3n) is 7.07. The highest BCUT2D eigenvalue weighted by Crippen LogP contribution is 2.36. The number of carbonyl (C=O) groups is 1. The number of benzene rings is 1. The van der Waals surface area contributed by atoms with E-state index in [1.54, 1.807) is 6.20 Å². The molecule has 0 saturated carbocycles. The standard InChI is InChI=1S/C29H34N6O2/c1-6-26(33-24(16-34(3)4)18(2)19-11-13-37-17-19)32-23-15-30-28(22-14-31-29(36)27(22)23)21-8-7-9-25-20(21)10-12-35(25)5/h6-10,12,15,19,32H,2,11,13-14,16-17H2,1,3-5H3,(H,31,36)/b26-6-,33-24?/t19-/m1/s1. The number of hydrogen-bond donors (Lipinski definition) is 2. The second-order valence-electron chi connectivity index (χ2n) is 9.90. The largest absolute Gasteiger partial charge is 0.381 e. The molecule has 1 fully saturated rings. The number of nitrogens with one attached hydrogen (secondary N) is 2. The van der Waals surface area contributed by atoms with Gasteiger partial charge in [0, 0.05) is 60.9 Å². The summed E-state index contributed by atoms with van der Waals surface area (Å²) < 4.78 is 7.67. The van der Waals surface area contributed by atoms with Gasteiger partial charge in [-0.1, -0.05) is 18.7 Å². The summed E-state index contributed by atoms with van der Waals surface area (Å²) in [6.45, 7) is 8.81. The summed E-state index contributed by atoms with van der Waals surface area (Å²) >= 11 is 0. The van der Waals surface area contributed by atoms with Gasteiger partial charge in [-0.05, 0) is 51.2 Å². The number of amides is 1. The van der Waals surface area contributed by atoms with E-state index in [4.69, 9.17) is 14.7 Å². The highest BCUT2D eigenvalue weighted by molar-refractivity contribution is 6.07. The molecule has 2 aromatic heterocycles. The third-order valence-corrected chi connectivity index (χ3v) is 7.07. The summed E-state index contributed by atoms with van der Waals surface area (Å²) in [6.07, 6.45) is 6.65. The fraction of sp³-hybridized carbons (Fsp3) is 0.345. The fourth-order valence-electron chi connectivity index (χ4n) is 5.08. The van der Waals surface area contributed by atoms with Crippen LogP contribution in [0.5, 0.6) is 0 Å². The molecule has 4 heterocycles. The maximum absolute atomic E-state index is 13.0. The Morgan fingerprint density at radius 3 is 2.95 bits per heavy atom. The van der Waals surface area contributed by atoms with Crippen molar-refractivity contribution in [3.8, 4) is 11.3 Å². The number of nitrogens with zero attached hydrogens (tertiary/aromatic N) is 4. The van der Waals surface area contributed by atoms with Crippen LogP contribution in [0.3, 0.4) is 0 Å². The summed E-state index contributed by atoms with van der Waals surface area (Å²) in [5.74, 6) is 0.814. The summed E-state index contributed by atoms with van der Waals surface area (Å²) in [7, 11) is 6.06. The van der Waals surface area contributed by atoms with Crippen molar-refractivity contribution < 1.29 is 9.53 Å². The molecule has 8 nitrogen and oxygen atoms in total. The van der Waals surface area contributed by atoms with Crippen LogP contribution >= 0.6 is 0 Å². The van der Waals surface area contributed by atoms with Crippen LogP contribution in [0.4, 0.5) is 5.69 Å². The van der Waals surface area contributed by atoms with E-state index in [9.17, 15) is 4.79 Å². The summed E-state index contributed by atoms with van der Waals surface area (Å²) in [6, 6.07) is 8.28. The minimum atomic E-state index is -0.109. The molecule has 1 aromatic carbocycles. The number of aliphatic imine (C=N–C) groups is 1. The molecule has 1 atom stereocenters. The molecule has 1 amide bonds.